The van der Waals surface area contributed by atoms with E-state index in [0.29, 0.717) is 29.2 Å². The first-order valence-corrected chi connectivity index (χ1v) is 11.2. The Morgan fingerprint density at radius 1 is 1.06 bits per heavy atom. The number of hydrazone groups is 1. The van der Waals surface area contributed by atoms with Gasteiger partial charge in [0, 0.05) is 5.56 Å². The van der Waals surface area contributed by atoms with Crippen LogP contribution in [0, 0.1) is 23.1 Å². The number of hydrogen-bond donors (Lipinski definition) is 2. The Balaban J connectivity index is 1.61. The first kappa shape index (κ1) is 25.9. The monoisotopic (exact) mass is 488 g/mol. The van der Waals surface area contributed by atoms with E-state index in [2.05, 4.69) is 21.9 Å². The van der Waals surface area contributed by atoms with E-state index < -0.39 is 23.5 Å². The number of nitrogens with zero attached hydrogens (tertiary/aromatic N) is 2. The van der Waals surface area contributed by atoms with Crippen LogP contribution in [0.1, 0.15) is 30.5 Å². The molecule has 0 spiro atoms. The fourth-order valence-electron chi connectivity index (χ4n) is 3.09. The molecule has 2 N–H and O–H groups in total. The third kappa shape index (κ3) is 6.90. The lowest BCUT2D eigenvalue weighted by Gasteiger charge is -2.13. The van der Waals surface area contributed by atoms with Crippen LogP contribution in [0.15, 0.2) is 71.8 Å². The molecule has 9 heteroatoms. The average Bonchev–Trinajstić information content (AvgIpc) is 2.89. The minimum absolute atomic E-state index is 0.00692. The summed E-state index contributed by atoms with van der Waals surface area (Å²) in [5, 5.41) is 15.5. The van der Waals surface area contributed by atoms with Crippen LogP contribution in [0.25, 0.3) is 0 Å². The molecule has 1 unspecified atom stereocenters. The van der Waals surface area contributed by atoms with Crippen molar-refractivity contribution in [3.8, 4) is 17.6 Å². The van der Waals surface area contributed by atoms with Crippen molar-refractivity contribution in [2.24, 2.45) is 11.0 Å². The minimum atomic E-state index is -1.10. The standard InChI is InChI=1S/C27H25FN4O4/c1-3-35-25-14-19(12-13-24(25)36-17-21-9-5-4-8-20(21)15-29)16-30-32-27(34)18(2)26(33)31-23-11-7-6-10-22(23)28/h4-14,16,18H,3,17H2,1-2H3,(H,31,33)(H,32,34). The fraction of sp³-hybridized carbons (Fsp3) is 0.185. The van der Waals surface area contributed by atoms with Crippen molar-refractivity contribution in [2.75, 3.05) is 11.9 Å². The Morgan fingerprint density at radius 3 is 2.56 bits per heavy atom. The van der Waals surface area contributed by atoms with Crippen LogP contribution in [0.3, 0.4) is 0 Å². The molecule has 0 heterocycles. The van der Waals surface area contributed by atoms with Crippen LogP contribution < -0.4 is 20.2 Å². The zero-order valence-corrected chi connectivity index (χ0v) is 19.8. The zero-order valence-electron chi connectivity index (χ0n) is 19.8. The van der Waals surface area contributed by atoms with Crippen molar-refractivity contribution in [1.29, 1.82) is 5.26 Å². The molecule has 8 nitrogen and oxygen atoms in total. The summed E-state index contributed by atoms with van der Waals surface area (Å²) in [7, 11) is 0. The number of ether oxygens (including phenoxy) is 2. The maximum absolute atomic E-state index is 13.7. The van der Waals surface area contributed by atoms with Crippen LogP contribution in [-0.4, -0.2) is 24.6 Å². The second-order valence-corrected chi connectivity index (χ2v) is 7.62. The van der Waals surface area contributed by atoms with Crippen molar-refractivity contribution in [3.63, 3.8) is 0 Å². The van der Waals surface area contributed by atoms with Crippen LogP contribution in [-0.2, 0) is 16.2 Å². The number of halogens is 1. The third-order valence-electron chi connectivity index (χ3n) is 5.10. The lowest BCUT2D eigenvalue weighted by atomic mass is 10.1. The van der Waals surface area contributed by atoms with Gasteiger partial charge in [0.05, 0.1) is 30.1 Å². The molecule has 0 aliphatic rings. The molecular weight excluding hydrogens is 463 g/mol. The topological polar surface area (TPSA) is 113 Å². The third-order valence-corrected chi connectivity index (χ3v) is 5.10. The zero-order chi connectivity index (χ0) is 25.9. The fourth-order valence-corrected chi connectivity index (χ4v) is 3.09. The summed E-state index contributed by atoms with van der Waals surface area (Å²) in [6, 6.07) is 20.1. The number of amides is 2. The van der Waals surface area contributed by atoms with Gasteiger partial charge < -0.3 is 14.8 Å². The van der Waals surface area contributed by atoms with Gasteiger partial charge in [0.15, 0.2) is 11.5 Å². The SMILES string of the molecule is CCOc1cc(C=NNC(=O)C(C)C(=O)Nc2ccccc2F)ccc1OCc1ccccc1C#N. The molecule has 0 aromatic heterocycles. The van der Waals surface area contributed by atoms with Gasteiger partial charge in [0.2, 0.25) is 5.91 Å². The first-order valence-electron chi connectivity index (χ1n) is 11.2. The molecule has 0 saturated heterocycles. The van der Waals surface area contributed by atoms with Gasteiger partial charge in [0.25, 0.3) is 5.91 Å². The quantitative estimate of drug-likeness (QED) is 0.250. The molecular formula is C27H25FN4O4. The van der Waals surface area contributed by atoms with E-state index in [-0.39, 0.29) is 12.3 Å². The van der Waals surface area contributed by atoms with E-state index in [1.165, 1.54) is 31.3 Å². The number of anilines is 1. The summed E-state index contributed by atoms with van der Waals surface area (Å²) in [5.41, 5.74) is 4.21. The summed E-state index contributed by atoms with van der Waals surface area (Å²) in [6.07, 6.45) is 1.40. The van der Waals surface area contributed by atoms with E-state index in [1.807, 2.05) is 19.1 Å². The summed E-state index contributed by atoms with van der Waals surface area (Å²) in [4.78, 5) is 24.6. The maximum Gasteiger partial charge on any atom is 0.252 e. The van der Waals surface area contributed by atoms with Crippen molar-refractivity contribution < 1.29 is 23.5 Å². The molecule has 0 bridgehead atoms. The smallest absolute Gasteiger partial charge is 0.252 e. The molecule has 184 valence electrons. The summed E-state index contributed by atoms with van der Waals surface area (Å²) >= 11 is 0. The highest BCUT2D eigenvalue weighted by Gasteiger charge is 2.22. The van der Waals surface area contributed by atoms with Gasteiger partial charge in [-0.05, 0) is 55.8 Å². The highest BCUT2D eigenvalue weighted by atomic mass is 19.1. The molecule has 0 fully saturated rings. The summed E-state index contributed by atoms with van der Waals surface area (Å²) < 4.78 is 25.3. The van der Waals surface area contributed by atoms with E-state index in [0.717, 1.165) is 5.56 Å². The van der Waals surface area contributed by atoms with E-state index in [4.69, 9.17) is 9.47 Å². The van der Waals surface area contributed by atoms with Gasteiger partial charge in [-0.1, -0.05) is 30.3 Å². The van der Waals surface area contributed by atoms with Crippen molar-refractivity contribution in [3.05, 3.63) is 89.2 Å². The Morgan fingerprint density at radius 2 is 1.81 bits per heavy atom. The van der Waals surface area contributed by atoms with Crippen molar-refractivity contribution in [1.82, 2.24) is 5.43 Å². The maximum atomic E-state index is 13.7. The lowest BCUT2D eigenvalue weighted by molar-refractivity contribution is -0.131. The molecule has 3 aromatic carbocycles. The largest absolute Gasteiger partial charge is 0.490 e. The minimum Gasteiger partial charge on any atom is -0.490 e. The number of carbonyl (C=O) groups is 2. The molecule has 0 aliphatic heterocycles. The number of benzene rings is 3. The van der Waals surface area contributed by atoms with Crippen LogP contribution in [0.5, 0.6) is 11.5 Å². The van der Waals surface area contributed by atoms with Gasteiger partial charge in [-0.3, -0.25) is 9.59 Å². The number of nitrogens with one attached hydrogen (secondary N) is 2. The predicted molar refractivity (Wildman–Crippen MR) is 133 cm³/mol. The second kappa shape index (κ2) is 12.7. The first-order chi connectivity index (χ1) is 17.4. The number of carbonyl (C=O) groups excluding carboxylic acids is 2. The van der Waals surface area contributed by atoms with Gasteiger partial charge in [-0.25, -0.2) is 9.82 Å². The number of rotatable bonds is 10. The average molecular weight is 489 g/mol. The molecule has 1 atom stereocenters. The van der Waals surface area contributed by atoms with Crippen LogP contribution >= 0.6 is 0 Å². The number of hydrogen-bond acceptors (Lipinski definition) is 6. The highest BCUT2D eigenvalue weighted by Crippen LogP contribution is 2.29. The van der Waals surface area contributed by atoms with E-state index >= 15 is 0 Å². The summed E-state index contributed by atoms with van der Waals surface area (Å²) in [6.45, 7) is 3.82. The Labute approximate surface area is 208 Å². The molecule has 2 amide bonds. The molecule has 0 saturated carbocycles. The van der Waals surface area contributed by atoms with Gasteiger partial charge >= 0.3 is 0 Å². The highest BCUT2D eigenvalue weighted by molar-refractivity contribution is 6.06. The Bertz CT molecular complexity index is 1300. The molecule has 0 aliphatic carbocycles. The molecule has 3 aromatic rings. The van der Waals surface area contributed by atoms with Crippen molar-refractivity contribution >= 4 is 23.7 Å². The predicted octanol–water partition coefficient (Wildman–Crippen LogP) is 4.40. The van der Waals surface area contributed by atoms with Crippen molar-refractivity contribution in [2.45, 2.75) is 20.5 Å². The van der Waals surface area contributed by atoms with E-state index in [1.54, 1.807) is 36.4 Å². The molecule has 36 heavy (non-hydrogen) atoms. The summed E-state index contributed by atoms with van der Waals surface area (Å²) in [5.74, 6) is -2.05. The van der Waals surface area contributed by atoms with Gasteiger partial charge in [0.1, 0.15) is 18.3 Å². The van der Waals surface area contributed by atoms with Gasteiger partial charge in [-0.2, -0.15) is 10.4 Å². The Hall–Kier alpha value is -4.71. The number of para-hydroxylation sites is 1. The van der Waals surface area contributed by atoms with E-state index in [9.17, 15) is 19.2 Å². The molecule has 0 radical (unpaired) electrons. The molecule has 3 rings (SSSR count). The second-order valence-electron chi connectivity index (χ2n) is 7.62. The van der Waals surface area contributed by atoms with Crippen LogP contribution in [0.2, 0.25) is 0 Å². The van der Waals surface area contributed by atoms with Crippen LogP contribution in [0.4, 0.5) is 10.1 Å². The lowest BCUT2D eigenvalue weighted by Crippen LogP contribution is -2.34. The normalized spacial score (nSPS) is 11.4. The Kier molecular flexibility index (Phi) is 9.12. The van der Waals surface area contributed by atoms with Gasteiger partial charge in [-0.15, -0.1) is 0 Å². The number of nitriles is 1.